The lowest BCUT2D eigenvalue weighted by atomic mass is 10.0. The molecule has 58 valence electrons. The molecule has 1 aliphatic heterocycles. The Kier molecular flexibility index (Phi) is 2.94. The number of allylic oxidation sites excluding steroid dienone is 1. The van der Waals surface area contributed by atoms with Gasteiger partial charge in [-0.25, -0.2) is 0 Å². The second-order valence-electron chi connectivity index (χ2n) is 3.07. The van der Waals surface area contributed by atoms with E-state index >= 15 is 0 Å². The van der Waals surface area contributed by atoms with E-state index < -0.39 is 0 Å². The zero-order chi connectivity index (χ0) is 7.40. The quantitative estimate of drug-likeness (QED) is 0.502. The topological polar surface area (TPSA) is 3.24 Å². The van der Waals surface area contributed by atoms with Crippen molar-refractivity contribution in [3.63, 3.8) is 0 Å². The molecule has 0 aromatic carbocycles. The maximum absolute atomic E-state index is 2.43. The molecule has 0 bridgehead atoms. The Labute approximate surface area is 63.7 Å². The van der Waals surface area contributed by atoms with Gasteiger partial charge in [-0.05, 0) is 33.4 Å². The summed E-state index contributed by atoms with van der Waals surface area (Å²) in [7, 11) is 2.21. The van der Waals surface area contributed by atoms with Gasteiger partial charge >= 0.3 is 0 Å². The standard InChI is InChI=1S/C9H17N/c1-3-6-9-7-4-5-8-10(9)2/h3,6,9H,4-5,7-8H2,1-2H3/b6-3+. The molecule has 0 amide bonds. The number of hydrogen-bond acceptors (Lipinski definition) is 1. The van der Waals surface area contributed by atoms with E-state index in [0.29, 0.717) is 0 Å². The van der Waals surface area contributed by atoms with E-state index in [1.54, 1.807) is 0 Å². The molecule has 0 aromatic heterocycles. The van der Waals surface area contributed by atoms with Crippen LogP contribution >= 0.6 is 0 Å². The van der Waals surface area contributed by atoms with Crippen molar-refractivity contribution in [3.8, 4) is 0 Å². The minimum atomic E-state index is 0.721. The van der Waals surface area contributed by atoms with Crippen LogP contribution in [0.4, 0.5) is 0 Å². The van der Waals surface area contributed by atoms with Gasteiger partial charge in [-0.15, -0.1) is 0 Å². The van der Waals surface area contributed by atoms with Gasteiger partial charge < -0.3 is 0 Å². The molecule has 0 N–H and O–H groups in total. The lowest BCUT2D eigenvalue weighted by Crippen LogP contribution is -2.34. The van der Waals surface area contributed by atoms with Crippen LogP contribution in [0.2, 0.25) is 0 Å². The van der Waals surface area contributed by atoms with Gasteiger partial charge in [0, 0.05) is 6.04 Å². The van der Waals surface area contributed by atoms with Gasteiger partial charge in [0.1, 0.15) is 0 Å². The first kappa shape index (κ1) is 7.80. The zero-order valence-electron chi connectivity index (χ0n) is 7.01. The molecule has 1 heteroatoms. The fourth-order valence-corrected chi connectivity index (χ4v) is 1.57. The van der Waals surface area contributed by atoms with Crippen LogP contribution < -0.4 is 0 Å². The molecule has 0 aliphatic carbocycles. The van der Waals surface area contributed by atoms with Gasteiger partial charge in [-0.3, -0.25) is 4.90 Å². The lowest BCUT2D eigenvalue weighted by Gasteiger charge is -2.29. The Morgan fingerprint density at radius 3 is 2.80 bits per heavy atom. The van der Waals surface area contributed by atoms with E-state index in [9.17, 15) is 0 Å². The fourth-order valence-electron chi connectivity index (χ4n) is 1.57. The van der Waals surface area contributed by atoms with Gasteiger partial charge in [0.15, 0.2) is 0 Å². The van der Waals surface area contributed by atoms with Crippen molar-refractivity contribution in [1.29, 1.82) is 0 Å². The van der Waals surface area contributed by atoms with E-state index in [4.69, 9.17) is 0 Å². The molecule has 0 aromatic rings. The molecule has 0 saturated carbocycles. The Hall–Kier alpha value is -0.300. The molecule has 1 atom stereocenters. The maximum Gasteiger partial charge on any atom is 0.0275 e. The summed E-state index contributed by atoms with van der Waals surface area (Å²) in [6.07, 6.45) is 8.59. The highest BCUT2D eigenvalue weighted by Gasteiger charge is 2.14. The Balaban J connectivity index is 2.39. The molecule has 10 heavy (non-hydrogen) atoms. The fraction of sp³-hybridized carbons (Fsp3) is 0.778. The molecular formula is C9H17N. The minimum absolute atomic E-state index is 0.721. The predicted octanol–water partition coefficient (Wildman–Crippen LogP) is 2.05. The number of rotatable bonds is 1. The van der Waals surface area contributed by atoms with Crippen molar-refractivity contribution in [1.82, 2.24) is 4.90 Å². The van der Waals surface area contributed by atoms with E-state index in [0.717, 1.165) is 6.04 Å². The summed E-state index contributed by atoms with van der Waals surface area (Å²) in [6.45, 7) is 3.37. The molecular weight excluding hydrogens is 122 g/mol. The highest BCUT2D eigenvalue weighted by molar-refractivity contribution is 4.93. The van der Waals surface area contributed by atoms with Gasteiger partial charge in [-0.1, -0.05) is 18.6 Å². The predicted molar refractivity (Wildman–Crippen MR) is 45.1 cm³/mol. The number of hydrogen-bond donors (Lipinski definition) is 0. The van der Waals surface area contributed by atoms with Gasteiger partial charge in [0.2, 0.25) is 0 Å². The first-order valence-corrected chi connectivity index (χ1v) is 4.17. The van der Waals surface area contributed by atoms with Crippen LogP contribution in [0.5, 0.6) is 0 Å². The average Bonchev–Trinajstić information content (AvgIpc) is 1.94. The number of likely N-dealkylation sites (N-methyl/N-ethyl adjacent to an activating group) is 1. The monoisotopic (exact) mass is 139 g/mol. The van der Waals surface area contributed by atoms with Crippen LogP contribution in [0.15, 0.2) is 12.2 Å². The third-order valence-electron chi connectivity index (χ3n) is 2.24. The summed E-state index contributed by atoms with van der Waals surface area (Å²) in [5, 5.41) is 0. The molecule has 1 unspecified atom stereocenters. The van der Waals surface area contributed by atoms with Gasteiger partial charge in [0.25, 0.3) is 0 Å². The summed E-state index contributed by atoms with van der Waals surface area (Å²) < 4.78 is 0. The van der Waals surface area contributed by atoms with Crippen LogP contribution in [-0.4, -0.2) is 24.5 Å². The zero-order valence-corrected chi connectivity index (χ0v) is 7.01. The average molecular weight is 139 g/mol. The molecule has 1 heterocycles. The van der Waals surface area contributed by atoms with Crippen molar-refractivity contribution in [2.24, 2.45) is 0 Å². The van der Waals surface area contributed by atoms with E-state index in [2.05, 4.69) is 31.0 Å². The lowest BCUT2D eigenvalue weighted by molar-refractivity contribution is 0.222. The summed E-state index contributed by atoms with van der Waals surface area (Å²) >= 11 is 0. The van der Waals surface area contributed by atoms with Gasteiger partial charge in [0.05, 0.1) is 0 Å². The normalized spacial score (nSPS) is 29.6. The van der Waals surface area contributed by atoms with Crippen molar-refractivity contribution in [2.75, 3.05) is 13.6 Å². The number of likely N-dealkylation sites (tertiary alicyclic amines) is 1. The second kappa shape index (κ2) is 3.77. The third-order valence-corrected chi connectivity index (χ3v) is 2.24. The van der Waals surface area contributed by atoms with Crippen molar-refractivity contribution < 1.29 is 0 Å². The molecule has 0 radical (unpaired) electrons. The van der Waals surface area contributed by atoms with Crippen LogP contribution in [0, 0.1) is 0 Å². The molecule has 1 rings (SSSR count). The molecule has 1 nitrogen and oxygen atoms in total. The summed E-state index contributed by atoms with van der Waals surface area (Å²) in [5.41, 5.74) is 0. The van der Waals surface area contributed by atoms with Crippen LogP contribution in [-0.2, 0) is 0 Å². The molecule has 1 aliphatic rings. The second-order valence-corrected chi connectivity index (χ2v) is 3.07. The molecule has 1 fully saturated rings. The number of piperidine rings is 1. The van der Waals surface area contributed by atoms with Crippen molar-refractivity contribution in [2.45, 2.75) is 32.2 Å². The minimum Gasteiger partial charge on any atom is -0.300 e. The first-order valence-electron chi connectivity index (χ1n) is 4.17. The van der Waals surface area contributed by atoms with Gasteiger partial charge in [-0.2, -0.15) is 0 Å². The van der Waals surface area contributed by atoms with E-state index in [1.807, 2.05) is 0 Å². The number of nitrogens with zero attached hydrogens (tertiary/aromatic N) is 1. The van der Waals surface area contributed by atoms with Crippen LogP contribution in [0.3, 0.4) is 0 Å². The Morgan fingerprint density at radius 2 is 2.20 bits per heavy atom. The third kappa shape index (κ3) is 1.84. The highest BCUT2D eigenvalue weighted by atomic mass is 15.1. The van der Waals surface area contributed by atoms with Crippen LogP contribution in [0.25, 0.3) is 0 Å². The van der Waals surface area contributed by atoms with Crippen molar-refractivity contribution >= 4 is 0 Å². The first-order chi connectivity index (χ1) is 4.84. The smallest absolute Gasteiger partial charge is 0.0275 e. The highest BCUT2D eigenvalue weighted by Crippen LogP contribution is 2.15. The summed E-state index contributed by atoms with van der Waals surface area (Å²) in [4.78, 5) is 2.43. The SMILES string of the molecule is C/C=C/C1CCCCN1C. The maximum atomic E-state index is 2.43. The molecule has 0 spiro atoms. The Morgan fingerprint density at radius 1 is 1.40 bits per heavy atom. The summed E-state index contributed by atoms with van der Waals surface area (Å²) in [6, 6.07) is 0.721. The van der Waals surface area contributed by atoms with Crippen molar-refractivity contribution in [3.05, 3.63) is 12.2 Å². The molecule has 1 saturated heterocycles. The summed E-state index contributed by atoms with van der Waals surface area (Å²) in [5.74, 6) is 0. The van der Waals surface area contributed by atoms with Crippen LogP contribution in [0.1, 0.15) is 26.2 Å². The largest absolute Gasteiger partial charge is 0.300 e. The Bertz CT molecular complexity index is 118. The van der Waals surface area contributed by atoms with E-state index in [1.165, 1.54) is 25.8 Å². The van der Waals surface area contributed by atoms with E-state index in [-0.39, 0.29) is 0 Å².